The first-order valence-corrected chi connectivity index (χ1v) is 8.60. The summed E-state index contributed by atoms with van der Waals surface area (Å²) in [6.45, 7) is 7.29. The van der Waals surface area contributed by atoms with Gasteiger partial charge in [0.25, 0.3) is 0 Å². The van der Waals surface area contributed by atoms with Crippen molar-refractivity contribution in [1.29, 1.82) is 0 Å². The molecule has 25 heavy (non-hydrogen) atoms. The number of rotatable bonds is 3. The minimum absolute atomic E-state index is 0.256. The Kier molecular flexibility index (Phi) is 4.01. The monoisotopic (exact) mass is 338 g/mol. The lowest BCUT2D eigenvalue weighted by atomic mass is 10.2. The van der Waals surface area contributed by atoms with Crippen LogP contribution in [-0.4, -0.2) is 45.3 Å². The molecule has 1 fully saturated rings. The molecule has 0 radical (unpaired) electrons. The van der Waals surface area contributed by atoms with Crippen molar-refractivity contribution in [1.82, 2.24) is 19.5 Å². The molecule has 3 aromatic rings. The Morgan fingerprint density at radius 1 is 1.24 bits per heavy atom. The standard InChI is InChI=1S/C18H22N6O/c1-3-23-11-20-17-15(23)18(24-8-9-25-10-12(24)2)22-16(21-17)13-4-6-14(19)7-5-13/h4-7,11-12H,3,8-10,19H2,1-2H3/t12-/m0/s1. The minimum atomic E-state index is 0.256. The second-order valence-electron chi connectivity index (χ2n) is 6.31. The Morgan fingerprint density at radius 3 is 2.76 bits per heavy atom. The van der Waals surface area contributed by atoms with Crippen molar-refractivity contribution in [2.24, 2.45) is 0 Å². The van der Waals surface area contributed by atoms with Crippen LogP contribution in [0.4, 0.5) is 11.5 Å². The SMILES string of the molecule is CCn1cnc2nc(-c3ccc(N)cc3)nc(N3CCOC[C@@H]3C)c21. The van der Waals surface area contributed by atoms with Gasteiger partial charge in [-0.05, 0) is 38.1 Å². The number of imidazole rings is 1. The van der Waals surface area contributed by atoms with Gasteiger partial charge in [0.2, 0.25) is 0 Å². The highest BCUT2D eigenvalue weighted by Crippen LogP contribution is 2.29. The van der Waals surface area contributed by atoms with Gasteiger partial charge in [0.05, 0.1) is 25.6 Å². The molecular weight excluding hydrogens is 316 g/mol. The van der Waals surface area contributed by atoms with Crippen LogP contribution >= 0.6 is 0 Å². The van der Waals surface area contributed by atoms with Crippen LogP contribution in [0.15, 0.2) is 30.6 Å². The van der Waals surface area contributed by atoms with Crippen LogP contribution in [0.3, 0.4) is 0 Å². The molecule has 4 rings (SSSR count). The molecule has 1 atom stereocenters. The lowest BCUT2D eigenvalue weighted by Gasteiger charge is -2.34. The van der Waals surface area contributed by atoms with E-state index in [1.807, 2.05) is 30.6 Å². The summed E-state index contributed by atoms with van der Waals surface area (Å²) in [5.74, 6) is 1.59. The van der Waals surface area contributed by atoms with Gasteiger partial charge in [-0.3, -0.25) is 0 Å². The number of nitrogens with zero attached hydrogens (tertiary/aromatic N) is 5. The van der Waals surface area contributed by atoms with Crippen molar-refractivity contribution in [3.8, 4) is 11.4 Å². The normalized spacial score (nSPS) is 18.0. The summed E-state index contributed by atoms with van der Waals surface area (Å²) in [5.41, 5.74) is 9.16. The van der Waals surface area contributed by atoms with Crippen LogP contribution in [0.2, 0.25) is 0 Å². The Hall–Kier alpha value is -2.67. The van der Waals surface area contributed by atoms with Gasteiger partial charge in [0.15, 0.2) is 17.3 Å². The number of fused-ring (bicyclic) bond motifs is 1. The van der Waals surface area contributed by atoms with Crippen LogP contribution < -0.4 is 10.6 Å². The van der Waals surface area contributed by atoms with Crippen molar-refractivity contribution in [3.63, 3.8) is 0 Å². The predicted octanol–water partition coefficient (Wildman–Crippen LogP) is 2.32. The number of nitrogens with two attached hydrogens (primary N) is 1. The largest absolute Gasteiger partial charge is 0.399 e. The molecule has 2 aromatic heterocycles. The lowest BCUT2D eigenvalue weighted by molar-refractivity contribution is 0.0986. The third-order valence-electron chi connectivity index (χ3n) is 4.60. The zero-order chi connectivity index (χ0) is 17.4. The fourth-order valence-electron chi connectivity index (χ4n) is 3.20. The molecule has 130 valence electrons. The number of morpholine rings is 1. The summed E-state index contributed by atoms with van der Waals surface area (Å²) >= 11 is 0. The molecule has 0 saturated carbocycles. The molecule has 0 aliphatic carbocycles. The first-order valence-electron chi connectivity index (χ1n) is 8.60. The Balaban J connectivity index is 1.90. The third-order valence-corrected chi connectivity index (χ3v) is 4.60. The Morgan fingerprint density at radius 2 is 2.04 bits per heavy atom. The van der Waals surface area contributed by atoms with Crippen molar-refractivity contribution in [3.05, 3.63) is 30.6 Å². The van der Waals surface area contributed by atoms with Crippen molar-refractivity contribution in [2.45, 2.75) is 26.4 Å². The molecule has 2 N–H and O–H groups in total. The average Bonchev–Trinajstić information content (AvgIpc) is 3.05. The van der Waals surface area contributed by atoms with E-state index in [9.17, 15) is 0 Å². The molecule has 0 spiro atoms. The van der Waals surface area contributed by atoms with E-state index < -0.39 is 0 Å². The smallest absolute Gasteiger partial charge is 0.183 e. The molecule has 7 heteroatoms. The van der Waals surface area contributed by atoms with Gasteiger partial charge in [0, 0.05) is 24.3 Å². The zero-order valence-corrected chi connectivity index (χ0v) is 14.5. The first kappa shape index (κ1) is 15.8. The van der Waals surface area contributed by atoms with Crippen molar-refractivity contribution < 1.29 is 4.74 Å². The summed E-state index contributed by atoms with van der Waals surface area (Å²) in [6, 6.07) is 7.88. The second-order valence-corrected chi connectivity index (χ2v) is 6.31. The maximum atomic E-state index is 5.80. The summed E-state index contributed by atoms with van der Waals surface area (Å²) in [6.07, 6.45) is 1.83. The zero-order valence-electron chi connectivity index (χ0n) is 14.5. The number of benzene rings is 1. The highest BCUT2D eigenvalue weighted by atomic mass is 16.5. The second kappa shape index (κ2) is 6.33. The number of hydrogen-bond donors (Lipinski definition) is 1. The third kappa shape index (κ3) is 2.80. The van der Waals surface area contributed by atoms with E-state index in [2.05, 4.69) is 33.3 Å². The topological polar surface area (TPSA) is 82.1 Å². The average molecular weight is 338 g/mol. The molecule has 3 heterocycles. The van der Waals surface area contributed by atoms with Gasteiger partial charge in [-0.15, -0.1) is 0 Å². The van der Waals surface area contributed by atoms with Crippen LogP contribution in [0.5, 0.6) is 0 Å². The van der Waals surface area contributed by atoms with Gasteiger partial charge in [-0.2, -0.15) is 0 Å². The summed E-state index contributed by atoms with van der Waals surface area (Å²) in [5, 5.41) is 0. The van der Waals surface area contributed by atoms with Gasteiger partial charge in [0.1, 0.15) is 5.52 Å². The van der Waals surface area contributed by atoms with Gasteiger partial charge in [-0.25, -0.2) is 15.0 Å². The van der Waals surface area contributed by atoms with Crippen LogP contribution in [0.1, 0.15) is 13.8 Å². The van der Waals surface area contributed by atoms with Crippen LogP contribution in [0, 0.1) is 0 Å². The molecule has 1 aromatic carbocycles. The number of hydrogen-bond acceptors (Lipinski definition) is 6. The summed E-state index contributed by atoms with van der Waals surface area (Å²) in [7, 11) is 0. The molecule has 1 aliphatic heterocycles. The number of aromatic nitrogens is 4. The van der Waals surface area contributed by atoms with E-state index in [0.717, 1.165) is 41.3 Å². The molecule has 7 nitrogen and oxygen atoms in total. The molecule has 0 bridgehead atoms. The quantitative estimate of drug-likeness (QED) is 0.738. The fourth-order valence-corrected chi connectivity index (χ4v) is 3.20. The highest BCUT2D eigenvalue weighted by Gasteiger charge is 2.25. The van der Waals surface area contributed by atoms with Crippen LogP contribution in [-0.2, 0) is 11.3 Å². The summed E-state index contributed by atoms with van der Waals surface area (Å²) in [4.78, 5) is 16.4. The highest BCUT2D eigenvalue weighted by molar-refractivity contribution is 5.86. The summed E-state index contributed by atoms with van der Waals surface area (Å²) < 4.78 is 7.69. The van der Waals surface area contributed by atoms with E-state index in [-0.39, 0.29) is 6.04 Å². The van der Waals surface area contributed by atoms with Gasteiger partial charge < -0.3 is 19.9 Å². The Labute approximate surface area is 146 Å². The van der Waals surface area contributed by atoms with E-state index >= 15 is 0 Å². The maximum Gasteiger partial charge on any atom is 0.183 e. The van der Waals surface area contributed by atoms with Crippen molar-refractivity contribution in [2.75, 3.05) is 30.4 Å². The number of nitrogen functional groups attached to an aromatic ring is 1. The molecular formula is C18H22N6O. The number of anilines is 2. The lowest BCUT2D eigenvalue weighted by Crippen LogP contribution is -2.44. The molecule has 0 unspecified atom stereocenters. The van der Waals surface area contributed by atoms with Crippen LogP contribution in [0.25, 0.3) is 22.6 Å². The van der Waals surface area contributed by atoms with Gasteiger partial charge >= 0.3 is 0 Å². The minimum Gasteiger partial charge on any atom is -0.399 e. The number of aryl methyl sites for hydroxylation is 1. The Bertz CT molecular complexity index is 888. The number of ether oxygens (including phenoxy) is 1. The maximum absolute atomic E-state index is 5.80. The molecule has 1 aliphatic rings. The van der Waals surface area contributed by atoms with E-state index in [1.165, 1.54) is 0 Å². The molecule has 0 amide bonds. The first-order chi connectivity index (χ1) is 12.2. The fraction of sp³-hybridized carbons (Fsp3) is 0.389. The van der Waals surface area contributed by atoms with Crippen molar-refractivity contribution >= 4 is 22.7 Å². The van der Waals surface area contributed by atoms with E-state index in [4.69, 9.17) is 15.5 Å². The van der Waals surface area contributed by atoms with E-state index in [1.54, 1.807) is 0 Å². The van der Waals surface area contributed by atoms with E-state index in [0.29, 0.717) is 19.0 Å². The van der Waals surface area contributed by atoms with Gasteiger partial charge in [-0.1, -0.05) is 0 Å². The predicted molar refractivity (Wildman–Crippen MR) is 98.5 cm³/mol. The molecule has 1 saturated heterocycles.